The highest BCUT2D eigenvalue weighted by Crippen LogP contribution is 2.42. The van der Waals surface area contributed by atoms with Crippen molar-refractivity contribution in [1.82, 2.24) is 0 Å². The second kappa shape index (κ2) is 11.4. The van der Waals surface area contributed by atoms with Crippen molar-refractivity contribution in [2.45, 2.75) is 85.5 Å². The third-order valence-electron chi connectivity index (χ3n) is 6.69. The van der Waals surface area contributed by atoms with Gasteiger partial charge in [0.15, 0.2) is 12.6 Å². The molecule has 0 bridgehead atoms. The van der Waals surface area contributed by atoms with Crippen LogP contribution in [-0.2, 0) is 23.7 Å². The Hall–Kier alpha value is -0.640. The first-order valence-electron chi connectivity index (χ1n) is 10.9. The first-order valence-corrected chi connectivity index (χ1v) is 10.9. The second-order valence-corrected chi connectivity index (χ2v) is 8.83. The predicted molar refractivity (Wildman–Crippen MR) is 106 cm³/mol. The fourth-order valence-electron chi connectivity index (χ4n) is 4.61. The molecule has 11 N–H and O–H groups in total. The largest absolute Gasteiger partial charge is 0.394 e. The lowest BCUT2D eigenvalue weighted by atomic mass is 9.76. The van der Waals surface area contributed by atoms with Gasteiger partial charge in [0, 0.05) is 7.11 Å². The average molecular weight is 518 g/mol. The molecule has 3 rings (SSSR count). The Morgan fingerprint density at radius 1 is 0.657 bits per heavy atom. The van der Waals surface area contributed by atoms with E-state index in [-0.39, 0.29) is 0 Å². The molecule has 0 amide bonds. The van der Waals surface area contributed by atoms with Crippen LogP contribution in [0.25, 0.3) is 0 Å². The van der Waals surface area contributed by atoms with Crippen molar-refractivity contribution < 1.29 is 79.9 Å². The molecule has 0 aliphatic carbocycles. The van der Waals surface area contributed by atoms with Crippen molar-refractivity contribution in [3.8, 4) is 0 Å². The third-order valence-corrected chi connectivity index (χ3v) is 6.69. The standard InChI is InChI=1S/C19H34O16/c1-31-17-12(25)8(19(30)16(29)14(27)11(24)6(3-21)35-19)9(22)7(34-17)4-32-18-15(28)13(26)10(23)5(2-20)33-18/h5-18,20-30H,2-4H2,1H3. The van der Waals surface area contributed by atoms with Gasteiger partial charge < -0.3 is 79.9 Å². The van der Waals surface area contributed by atoms with Gasteiger partial charge in [-0.05, 0) is 0 Å². The molecule has 3 saturated heterocycles. The number of hydrogen-bond acceptors (Lipinski definition) is 16. The van der Waals surface area contributed by atoms with Crippen LogP contribution in [0.2, 0.25) is 0 Å². The molecule has 16 nitrogen and oxygen atoms in total. The average Bonchev–Trinajstić information content (AvgIpc) is 2.84. The molecule has 0 aromatic rings. The van der Waals surface area contributed by atoms with E-state index in [1.807, 2.05) is 0 Å². The number of aliphatic hydroxyl groups excluding tert-OH is 10. The topological polar surface area (TPSA) is 269 Å². The van der Waals surface area contributed by atoms with E-state index in [1.165, 1.54) is 0 Å². The second-order valence-electron chi connectivity index (χ2n) is 8.83. The summed E-state index contributed by atoms with van der Waals surface area (Å²) in [6, 6.07) is 0. The number of rotatable bonds is 7. The lowest BCUT2D eigenvalue weighted by Crippen LogP contribution is -2.74. The Kier molecular flexibility index (Phi) is 9.42. The molecule has 0 aromatic heterocycles. The van der Waals surface area contributed by atoms with E-state index in [0.29, 0.717) is 0 Å². The summed E-state index contributed by atoms with van der Waals surface area (Å²) in [7, 11) is 1.12. The van der Waals surface area contributed by atoms with Crippen molar-refractivity contribution in [3.05, 3.63) is 0 Å². The highest BCUT2D eigenvalue weighted by atomic mass is 16.7. The molecule has 15 atom stereocenters. The van der Waals surface area contributed by atoms with Gasteiger partial charge in [-0.25, -0.2) is 0 Å². The summed E-state index contributed by atoms with van der Waals surface area (Å²) in [5.41, 5.74) is 0. The maximum absolute atomic E-state index is 11.1. The zero-order valence-corrected chi connectivity index (χ0v) is 18.7. The summed E-state index contributed by atoms with van der Waals surface area (Å²) in [6.45, 7) is -2.23. The van der Waals surface area contributed by atoms with Gasteiger partial charge in [-0.3, -0.25) is 0 Å². The Balaban J connectivity index is 1.81. The van der Waals surface area contributed by atoms with Gasteiger partial charge in [-0.15, -0.1) is 0 Å². The lowest BCUT2D eigenvalue weighted by Gasteiger charge is -2.54. The molecule has 3 aliphatic rings. The minimum atomic E-state index is -2.91. The maximum atomic E-state index is 11.1. The van der Waals surface area contributed by atoms with Gasteiger partial charge in [0.1, 0.15) is 61.0 Å². The van der Waals surface area contributed by atoms with Crippen molar-refractivity contribution in [3.63, 3.8) is 0 Å². The third kappa shape index (κ3) is 5.21. The number of hydrogen-bond donors (Lipinski definition) is 11. The van der Waals surface area contributed by atoms with Crippen LogP contribution in [0.15, 0.2) is 0 Å². The first-order chi connectivity index (χ1) is 16.4. The highest BCUT2D eigenvalue weighted by molar-refractivity contribution is 5.05. The highest BCUT2D eigenvalue weighted by Gasteiger charge is 2.63. The van der Waals surface area contributed by atoms with E-state index in [4.69, 9.17) is 23.7 Å². The summed E-state index contributed by atoms with van der Waals surface area (Å²) in [4.78, 5) is 0. The van der Waals surface area contributed by atoms with Crippen LogP contribution in [0.1, 0.15) is 0 Å². The monoisotopic (exact) mass is 518 g/mol. The predicted octanol–water partition coefficient (Wildman–Crippen LogP) is -7.33. The first kappa shape index (κ1) is 28.9. The molecule has 0 radical (unpaired) electrons. The van der Waals surface area contributed by atoms with Gasteiger partial charge in [-0.2, -0.15) is 0 Å². The van der Waals surface area contributed by atoms with Gasteiger partial charge in [-0.1, -0.05) is 0 Å². The summed E-state index contributed by atoms with van der Waals surface area (Å²) >= 11 is 0. The van der Waals surface area contributed by atoms with Crippen LogP contribution in [0.3, 0.4) is 0 Å². The SMILES string of the molecule is COC1OC(COC2OC(CO)C(O)C(O)C2O)C(O)C(C2(O)OC(CO)C(O)C(O)C2O)C1O. The summed E-state index contributed by atoms with van der Waals surface area (Å²) < 4.78 is 26.3. The van der Waals surface area contributed by atoms with Gasteiger partial charge in [0.05, 0.1) is 31.8 Å². The van der Waals surface area contributed by atoms with Crippen LogP contribution >= 0.6 is 0 Å². The molecule has 206 valence electrons. The molecule has 35 heavy (non-hydrogen) atoms. The molecular formula is C19H34O16. The molecule has 16 heteroatoms. The maximum Gasteiger partial charge on any atom is 0.203 e. The van der Waals surface area contributed by atoms with Crippen LogP contribution in [0, 0.1) is 5.92 Å². The van der Waals surface area contributed by atoms with Crippen molar-refractivity contribution in [2.24, 2.45) is 5.92 Å². The van der Waals surface area contributed by atoms with Crippen LogP contribution < -0.4 is 0 Å². The quantitative estimate of drug-likeness (QED) is 0.149. The number of ether oxygens (including phenoxy) is 5. The Bertz CT molecular complexity index is 681. The number of methoxy groups -OCH3 is 1. The van der Waals surface area contributed by atoms with Crippen LogP contribution in [0.4, 0.5) is 0 Å². The van der Waals surface area contributed by atoms with Gasteiger partial charge >= 0.3 is 0 Å². The minimum Gasteiger partial charge on any atom is -0.394 e. The molecule has 3 aliphatic heterocycles. The van der Waals surface area contributed by atoms with Gasteiger partial charge in [0.2, 0.25) is 5.79 Å². The Labute approximate surface area is 199 Å². The zero-order valence-electron chi connectivity index (χ0n) is 18.7. The molecule has 0 spiro atoms. The van der Waals surface area contributed by atoms with Crippen molar-refractivity contribution in [2.75, 3.05) is 26.9 Å². The normalized spacial score (nSPS) is 53.5. The Morgan fingerprint density at radius 3 is 1.80 bits per heavy atom. The van der Waals surface area contributed by atoms with Crippen LogP contribution in [-0.4, -0.2) is 169 Å². The summed E-state index contributed by atoms with van der Waals surface area (Å²) in [5.74, 6) is -4.76. The van der Waals surface area contributed by atoms with E-state index in [9.17, 15) is 56.2 Å². The van der Waals surface area contributed by atoms with Crippen molar-refractivity contribution in [1.29, 1.82) is 0 Å². The molecule has 0 aromatic carbocycles. The van der Waals surface area contributed by atoms with E-state index in [0.717, 1.165) is 7.11 Å². The fraction of sp³-hybridized carbons (Fsp3) is 1.00. The minimum absolute atomic E-state index is 0.631. The molecular weight excluding hydrogens is 484 g/mol. The summed E-state index contributed by atoms with van der Waals surface area (Å²) in [6.07, 6.45) is -22.4. The molecule has 3 heterocycles. The summed E-state index contributed by atoms with van der Waals surface area (Å²) in [5, 5.41) is 112. The zero-order chi connectivity index (χ0) is 26.2. The smallest absolute Gasteiger partial charge is 0.203 e. The molecule has 3 fully saturated rings. The van der Waals surface area contributed by atoms with Crippen molar-refractivity contribution >= 4 is 0 Å². The van der Waals surface area contributed by atoms with E-state index < -0.39 is 111 Å². The number of aliphatic hydroxyl groups is 11. The van der Waals surface area contributed by atoms with E-state index in [2.05, 4.69) is 0 Å². The lowest BCUT2D eigenvalue weighted by molar-refractivity contribution is -0.410. The van der Waals surface area contributed by atoms with E-state index >= 15 is 0 Å². The van der Waals surface area contributed by atoms with Crippen LogP contribution in [0.5, 0.6) is 0 Å². The Morgan fingerprint density at radius 2 is 1.23 bits per heavy atom. The molecule has 15 unspecified atom stereocenters. The van der Waals surface area contributed by atoms with Gasteiger partial charge in [0.25, 0.3) is 0 Å². The molecule has 0 saturated carbocycles. The van der Waals surface area contributed by atoms with E-state index in [1.54, 1.807) is 0 Å². The fourth-order valence-corrected chi connectivity index (χ4v) is 4.61.